The highest BCUT2D eigenvalue weighted by Gasteiger charge is 2.33. The molecule has 19 heavy (non-hydrogen) atoms. The fourth-order valence-electron chi connectivity index (χ4n) is 1.54. The summed E-state index contributed by atoms with van der Waals surface area (Å²) in [5.41, 5.74) is -0.438. The van der Waals surface area contributed by atoms with Crippen LogP contribution < -0.4 is 0 Å². The number of sulfonamides is 1. The molecule has 0 aromatic carbocycles. The van der Waals surface area contributed by atoms with Gasteiger partial charge in [-0.3, -0.25) is 4.68 Å². The van der Waals surface area contributed by atoms with Crippen LogP contribution in [0.4, 0.5) is 0 Å². The number of hydrogen-bond donors (Lipinski definition) is 1. The van der Waals surface area contributed by atoms with Crippen LogP contribution in [0.1, 0.15) is 33.6 Å². The van der Waals surface area contributed by atoms with Gasteiger partial charge in [-0.05, 0) is 26.7 Å². The smallest absolute Gasteiger partial charge is 0.246 e. The molecular formula is C12H23N3O3S. The first-order valence-corrected chi connectivity index (χ1v) is 7.82. The molecule has 1 aromatic heterocycles. The van der Waals surface area contributed by atoms with Crippen LogP contribution in [0.5, 0.6) is 0 Å². The van der Waals surface area contributed by atoms with Crippen molar-refractivity contribution in [3.05, 3.63) is 12.4 Å². The fraction of sp³-hybridized carbons (Fsp3) is 0.750. The molecule has 1 N–H and O–H groups in total. The molecule has 0 aliphatic heterocycles. The second kappa shape index (κ2) is 6.02. The highest BCUT2D eigenvalue weighted by molar-refractivity contribution is 7.89. The summed E-state index contributed by atoms with van der Waals surface area (Å²) in [7, 11) is -1.94. The van der Waals surface area contributed by atoms with E-state index in [1.54, 1.807) is 7.05 Å². The summed E-state index contributed by atoms with van der Waals surface area (Å²) in [6, 6.07) is 0. The van der Waals surface area contributed by atoms with Crippen molar-refractivity contribution in [3.63, 3.8) is 0 Å². The molecule has 1 aromatic rings. The van der Waals surface area contributed by atoms with Crippen LogP contribution in [-0.2, 0) is 16.6 Å². The lowest BCUT2D eigenvalue weighted by atomic mass is 10.0. The lowest BCUT2D eigenvalue weighted by Crippen LogP contribution is -2.44. The summed E-state index contributed by atoms with van der Waals surface area (Å²) >= 11 is 0. The molecule has 0 aliphatic rings. The van der Waals surface area contributed by atoms with E-state index in [-0.39, 0.29) is 11.5 Å². The van der Waals surface area contributed by atoms with E-state index >= 15 is 0 Å². The van der Waals surface area contributed by atoms with Gasteiger partial charge in [-0.2, -0.15) is 9.40 Å². The first-order chi connectivity index (χ1) is 8.75. The summed E-state index contributed by atoms with van der Waals surface area (Å²) in [5, 5.41) is 12.8. The Hall–Kier alpha value is -0.920. The molecule has 0 spiro atoms. The van der Waals surface area contributed by atoms with Crippen molar-refractivity contribution in [2.75, 3.05) is 13.7 Å². The number of aliphatic hydroxyl groups is 1. The second-order valence-corrected chi connectivity index (χ2v) is 7.12. The van der Waals surface area contributed by atoms with Crippen LogP contribution in [-0.4, -0.2) is 46.8 Å². The SMILES string of the molecule is CCC(C)(C)N(C)S(=O)(=O)c1cnn(CCCO)c1. The van der Waals surface area contributed by atoms with Crippen LogP contribution in [0, 0.1) is 0 Å². The van der Waals surface area contributed by atoms with Crippen molar-refractivity contribution in [2.45, 2.75) is 50.6 Å². The molecule has 7 heteroatoms. The van der Waals surface area contributed by atoms with Crippen molar-refractivity contribution in [1.29, 1.82) is 0 Å². The number of nitrogens with zero attached hydrogens (tertiary/aromatic N) is 3. The van der Waals surface area contributed by atoms with Crippen molar-refractivity contribution in [1.82, 2.24) is 14.1 Å². The minimum absolute atomic E-state index is 0.0602. The first-order valence-electron chi connectivity index (χ1n) is 6.38. The summed E-state index contributed by atoms with van der Waals surface area (Å²) in [5.74, 6) is 0. The number of hydrogen-bond acceptors (Lipinski definition) is 4. The standard InChI is InChI=1S/C12H23N3O3S/c1-5-12(2,3)14(4)19(17,18)11-9-13-15(10-11)7-6-8-16/h9-10,16H,5-8H2,1-4H3. The maximum atomic E-state index is 12.4. The van der Waals surface area contributed by atoms with Gasteiger partial charge in [-0.1, -0.05) is 6.92 Å². The Labute approximate surface area is 115 Å². The van der Waals surface area contributed by atoms with Crippen LogP contribution in [0.2, 0.25) is 0 Å². The normalized spacial score (nSPS) is 13.2. The third-order valence-electron chi connectivity index (χ3n) is 3.53. The zero-order chi connectivity index (χ0) is 14.7. The van der Waals surface area contributed by atoms with Crippen molar-refractivity contribution in [3.8, 4) is 0 Å². The lowest BCUT2D eigenvalue weighted by molar-refractivity contribution is 0.257. The van der Waals surface area contributed by atoms with E-state index in [9.17, 15) is 8.42 Å². The molecule has 0 radical (unpaired) electrons. The molecule has 0 saturated carbocycles. The van der Waals surface area contributed by atoms with Crippen LogP contribution >= 0.6 is 0 Å². The topological polar surface area (TPSA) is 75.4 Å². The number of aromatic nitrogens is 2. The molecular weight excluding hydrogens is 266 g/mol. The monoisotopic (exact) mass is 289 g/mol. The summed E-state index contributed by atoms with van der Waals surface area (Å²) in [4.78, 5) is 0.189. The largest absolute Gasteiger partial charge is 0.396 e. The van der Waals surface area contributed by atoms with Gasteiger partial charge in [0.25, 0.3) is 0 Å². The molecule has 0 unspecified atom stereocenters. The highest BCUT2D eigenvalue weighted by atomic mass is 32.2. The Balaban J connectivity index is 2.97. The Kier molecular flexibility index (Phi) is 5.11. The van der Waals surface area contributed by atoms with Crippen molar-refractivity contribution < 1.29 is 13.5 Å². The number of rotatable bonds is 7. The first kappa shape index (κ1) is 16.1. The minimum atomic E-state index is -3.53. The fourth-order valence-corrected chi connectivity index (χ4v) is 3.07. The molecule has 0 aliphatic carbocycles. The van der Waals surface area contributed by atoms with Crippen LogP contribution in [0.3, 0.4) is 0 Å². The van der Waals surface area contributed by atoms with Gasteiger partial charge in [0.1, 0.15) is 4.90 Å². The molecule has 0 fully saturated rings. The maximum Gasteiger partial charge on any atom is 0.246 e. The predicted octanol–water partition coefficient (Wildman–Crippen LogP) is 1.07. The molecule has 110 valence electrons. The van der Waals surface area contributed by atoms with Crippen molar-refractivity contribution in [2.24, 2.45) is 0 Å². The quantitative estimate of drug-likeness (QED) is 0.815. The molecule has 1 heterocycles. The van der Waals surface area contributed by atoms with Gasteiger partial charge in [-0.25, -0.2) is 8.42 Å². The molecule has 0 amide bonds. The predicted molar refractivity (Wildman–Crippen MR) is 73.2 cm³/mol. The average Bonchev–Trinajstić information content (AvgIpc) is 2.84. The van der Waals surface area contributed by atoms with E-state index in [0.29, 0.717) is 13.0 Å². The molecule has 0 bridgehead atoms. The van der Waals surface area contributed by atoms with E-state index in [2.05, 4.69) is 5.10 Å². The van der Waals surface area contributed by atoms with Crippen LogP contribution in [0.15, 0.2) is 17.3 Å². The third kappa shape index (κ3) is 3.55. The zero-order valence-electron chi connectivity index (χ0n) is 12.0. The van der Waals surface area contributed by atoms with Gasteiger partial charge in [0.05, 0.1) is 6.20 Å². The summed E-state index contributed by atoms with van der Waals surface area (Å²) < 4.78 is 27.8. The molecule has 0 saturated heterocycles. The Morgan fingerprint density at radius 3 is 2.63 bits per heavy atom. The second-order valence-electron chi connectivity index (χ2n) is 5.15. The number of aryl methyl sites for hydroxylation is 1. The van der Waals surface area contributed by atoms with Gasteiger partial charge >= 0.3 is 0 Å². The van der Waals surface area contributed by atoms with Gasteiger partial charge in [0, 0.05) is 31.9 Å². The Morgan fingerprint density at radius 2 is 2.11 bits per heavy atom. The average molecular weight is 289 g/mol. The van der Waals surface area contributed by atoms with Crippen molar-refractivity contribution >= 4 is 10.0 Å². The van der Waals surface area contributed by atoms with E-state index < -0.39 is 15.6 Å². The summed E-state index contributed by atoms with van der Waals surface area (Å²) in [6.07, 6.45) is 4.14. The minimum Gasteiger partial charge on any atom is -0.396 e. The van der Waals surface area contributed by atoms with Gasteiger partial charge in [-0.15, -0.1) is 0 Å². The Bertz CT molecular complexity index is 508. The molecule has 1 rings (SSSR count). The van der Waals surface area contributed by atoms with E-state index in [1.807, 2.05) is 20.8 Å². The molecule has 0 atom stereocenters. The van der Waals surface area contributed by atoms with E-state index in [1.165, 1.54) is 21.4 Å². The van der Waals surface area contributed by atoms with Gasteiger partial charge in [0.2, 0.25) is 10.0 Å². The third-order valence-corrected chi connectivity index (χ3v) is 5.55. The van der Waals surface area contributed by atoms with E-state index in [0.717, 1.165) is 6.42 Å². The van der Waals surface area contributed by atoms with E-state index in [4.69, 9.17) is 5.11 Å². The van der Waals surface area contributed by atoms with Gasteiger partial charge in [0.15, 0.2) is 0 Å². The highest BCUT2D eigenvalue weighted by Crippen LogP contribution is 2.24. The number of aliphatic hydroxyl groups excluding tert-OH is 1. The van der Waals surface area contributed by atoms with Crippen LogP contribution in [0.25, 0.3) is 0 Å². The zero-order valence-corrected chi connectivity index (χ0v) is 12.8. The molecule has 6 nitrogen and oxygen atoms in total. The Morgan fingerprint density at radius 1 is 1.47 bits per heavy atom. The van der Waals surface area contributed by atoms with Gasteiger partial charge < -0.3 is 5.11 Å². The lowest BCUT2D eigenvalue weighted by Gasteiger charge is -2.33. The summed E-state index contributed by atoms with van der Waals surface area (Å²) in [6.45, 7) is 6.30. The maximum absolute atomic E-state index is 12.4.